The van der Waals surface area contributed by atoms with Crippen LogP contribution in [-0.4, -0.2) is 52.3 Å². The Balaban J connectivity index is 1.33. The molecule has 2 unspecified atom stereocenters. The molecule has 0 spiro atoms. The van der Waals surface area contributed by atoms with Crippen molar-refractivity contribution < 1.29 is 14.0 Å². The van der Waals surface area contributed by atoms with Crippen LogP contribution in [0.3, 0.4) is 0 Å². The average molecular weight is 499 g/mol. The van der Waals surface area contributed by atoms with E-state index in [4.69, 9.17) is 5.73 Å². The van der Waals surface area contributed by atoms with E-state index in [1.165, 1.54) is 17.0 Å². The van der Waals surface area contributed by atoms with Gasteiger partial charge in [0.05, 0.1) is 0 Å². The molecule has 35 heavy (non-hydrogen) atoms. The van der Waals surface area contributed by atoms with E-state index < -0.39 is 6.04 Å². The summed E-state index contributed by atoms with van der Waals surface area (Å²) in [7, 11) is 0. The molecule has 1 saturated heterocycles. The van der Waals surface area contributed by atoms with Gasteiger partial charge in [0, 0.05) is 48.6 Å². The highest BCUT2D eigenvalue weighted by molar-refractivity contribution is 7.09. The highest BCUT2D eigenvalue weighted by Gasteiger charge is 2.46. The van der Waals surface area contributed by atoms with Gasteiger partial charge in [0.1, 0.15) is 11.9 Å². The second-order valence-corrected chi connectivity index (χ2v) is 11.4. The molecule has 2 atom stereocenters. The summed E-state index contributed by atoms with van der Waals surface area (Å²) in [5, 5.41) is 5.30. The maximum absolute atomic E-state index is 13.5. The van der Waals surface area contributed by atoms with Gasteiger partial charge in [-0.15, -0.1) is 11.3 Å². The fraction of sp³-hybridized carbons (Fsp3) is 0.556. The normalized spacial score (nSPS) is 26.8. The third-order valence-electron chi connectivity index (χ3n) is 7.66. The maximum Gasteiger partial charge on any atom is 0.243 e. The number of amides is 2. The number of halogens is 1. The summed E-state index contributed by atoms with van der Waals surface area (Å²) in [5.74, 6) is -0.0865. The molecule has 2 aromatic rings. The van der Waals surface area contributed by atoms with Crippen molar-refractivity contribution >= 4 is 23.2 Å². The maximum atomic E-state index is 13.5. The number of nitrogens with two attached hydrogens (primary N) is 1. The predicted molar refractivity (Wildman–Crippen MR) is 135 cm³/mol. The van der Waals surface area contributed by atoms with E-state index in [1.54, 1.807) is 11.3 Å². The van der Waals surface area contributed by atoms with Crippen molar-refractivity contribution in [2.24, 2.45) is 11.7 Å². The van der Waals surface area contributed by atoms with Crippen LogP contribution in [0, 0.1) is 11.7 Å². The van der Waals surface area contributed by atoms with Crippen LogP contribution < -0.4 is 11.1 Å². The third kappa shape index (κ3) is 6.11. The molecule has 2 heterocycles. The SMILES string of the molecule is NC1CCC(NC(=O)C2CC(N(Cc3ccc(F)cc3)Cc3cccs3)CN2C(=O)C2CC2)CC1. The van der Waals surface area contributed by atoms with Crippen LogP contribution in [0.25, 0.3) is 0 Å². The van der Waals surface area contributed by atoms with Crippen LogP contribution in [0.1, 0.15) is 55.4 Å². The number of likely N-dealkylation sites (tertiary alicyclic amines) is 1. The Kier molecular flexibility index (Phi) is 7.51. The molecule has 1 aromatic carbocycles. The van der Waals surface area contributed by atoms with E-state index in [2.05, 4.69) is 21.7 Å². The van der Waals surface area contributed by atoms with E-state index in [-0.39, 0.29) is 41.7 Å². The van der Waals surface area contributed by atoms with Crippen molar-refractivity contribution in [3.8, 4) is 0 Å². The number of nitrogens with one attached hydrogen (secondary N) is 1. The first-order chi connectivity index (χ1) is 17.0. The van der Waals surface area contributed by atoms with Crippen molar-refractivity contribution in [1.82, 2.24) is 15.1 Å². The monoisotopic (exact) mass is 498 g/mol. The number of benzene rings is 1. The van der Waals surface area contributed by atoms with Gasteiger partial charge in [0.2, 0.25) is 11.8 Å². The number of hydrogen-bond donors (Lipinski definition) is 2. The first-order valence-corrected chi connectivity index (χ1v) is 13.7. The molecule has 1 aromatic heterocycles. The summed E-state index contributed by atoms with van der Waals surface area (Å²) < 4.78 is 13.5. The number of thiophene rings is 1. The van der Waals surface area contributed by atoms with Gasteiger partial charge in [-0.3, -0.25) is 14.5 Å². The highest BCUT2D eigenvalue weighted by Crippen LogP contribution is 2.35. The van der Waals surface area contributed by atoms with Gasteiger partial charge >= 0.3 is 0 Å². The van der Waals surface area contributed by atoms with Crippen molar-refractivity contribution in [3.63, 3.8) is 0 Å². The van der Waals surface area contributed by atoms with E-state index in [1.807, 2.05) is 23.1 Å². The summed E-state index contributed by atoms with van der Waals surface area (Å²) in [6.45, 7) is 1.93. The minimum absolute atomic E-state index is 0.0279. The molecular weight excluding hydrogens is 463 g/mol. The Hall–Kier alpha value is -2.29. The van der Waals surface area contributed by atoms with Crippen molar-refractivity contribution in [3.05, 3.63) is 58.0 Å². The summed E-state index contributed by atoms with van der Waals surface area (Å²) >= 11 is 1.70. The Morgan fingerprint density at radius 2 is 1.80 bits per heavy atom. The minimum Gasteiger partial charge on any atom is -0.352 e. The van der Waals surface area contributed by atoms with Gasteiger partial charge < -0.3 is 16.0 Å². The Bertz CT molecular complexity index is 1000. The Morgan fingerprint density at radius 1 is 1.06 bits per heavy atom. The van der Waals surface area contributed by atoms with Crippen LogP contribution in [-0.2, 0) is 22.7 Å². The Labute approximate surface area is 210 Å². The van der Waals surface area contributed by atoms with E-state index in [0.717, 1.165) is 50.6 Å². The van der Waals surface area contributed by atoms with Crippen LogP contribution in [0.4, 0.5) is 4.39 Å². The molecule has 3 N–H and O–H groups in total. The Morgan fingerprint density at radius 3 is 2.46 bits per heavy atom. The summed E-state index contributed by atoms with van der Waals surface area (Å²) in [5.41, 5.74) is 7.06. The van der Waals surface area contributed by atoms with Crippen molar-refractivity contribution in [2.75, 3.05) is 6.54 Å². The molecule has 3 aliphatic rings. The van der Waals surface area contributed by atoms with Gasteiger partial charge in [0.25, 0.3) is 0 Å². The summed E-state index contributed by atoms with van der Waals surface area (Å²) in [6, 6.07) is 10.7. The molecule has 0 radical (unpaired) electrons. The largest absolute Gasteiger partial charge is 0.352 e. The zero-order chi connectivity index (χ0) is 24.4. The fourth-order valence-electron chi connectivity index (χ4n) is 5.44. The first kappa shape index (κ1) is 24.4. The second-order valence-electron chi connectivity index (χ2n) is 10.4. The average Bonchev–Trinajstić information content (AvgIpc) is 3.39. The number of carbonyl (C=O) groups is 2. The molecule has 2 saturated carbocycles. The lowest BCUT2D eigenvalue weighted by atomic mass is 9.91. The van der Waals surface area contributed by atoms with E-state index >= 15 is 0 Å². The molecular formula is C27H35FN4O2S. The zero-order valence-electron chi connectivity index (χ0n) is 20.1. The molecule has 2 amide bonds. The van der Waals surface area contributed by atoms with Crippen LogP contribution >= 0.6 is 11.3 Å². The molecule has 0 bridgehead atoms. The van der Waals surface area contributed by atoms with E-state index in [0.29, 0.717) is 19.5 Å². The minimum atomic E-state index is -0.442. The number of rotatable bonds is 8. The molecule has 8 heteroatoms. The van der Waals surface area contributed by atoms with Crippen LogP contribution in [0.15, 0.2) is 41.8 Å². The highest BCUT2D eigenvalue weighted by atomic mass is 32.1. The fourth-order valence-corrected chi connectivity index (χ4v) is 6.17. The lowest BCUT2D eigenvalue weighted by Crippen LogP contribution is -2.50. The topological polar surface area (TPSA) is 78.7 Å². The smallest absolute Gasteiger partial charge is 0.243 e. The summed E-state index contributed by atoms with van der Waals surface area (Å²) in [4.78, 5) is 32.1. The molecule has 2 aliphatic carbocycles. The zero-order valence-corrected chi connectivity index (χ0v) is 20.9. The lowest BCUT2D eigenvalue weighted by Gasteiger charge is -2.30. The molecule has 188 valence electrons. The third-order valence-corrected chi connectivity index (χ3v) is 8.53. The molecule has 3 fully saturated rings. The number of nitrogens with zero attached hydrogens (tertiary/aromatic N) is 2. The number of hydrogen-bond acceptors (Lipinski definition) is 5. The van der Waals surface area contributed by atoms with Gasteiger partial charge in [-0.05, 0) is 74.1 Å². The standard InChI is InChI=1S/C27H35FN4O2S/c28-20-7-3-18(4-8-20)15-31(17-24-2-1-13-35-24)23-14-25(32(16-23)27(34)19-5-6-19)26(33)30-22-11-9-21(29)10-12-22/h1-4,7-8,13,19,21-23,25H,5-6,9-12,14-17,29H2,(H,30,33). The van der Waals surface area contributed by atoms with Crippen LogP contribution in [0.5, 0.6) is 0 Å². The quantitative estimate of drug-likeness (QED) is 0.582. The predicted octanol–water partition coefficient (Wildman–Crippen LogP) is 3.66. The lowest BCUT2D eigenvalue weighted by molar-refractivity contribution is -0.139. The van der Waals surface area contributed by atoms with Gasteiger partial charge in [0.15, 0.2) is 0 Å². The molecule has 5 rings (SSSR count). The van der Waals surface area contributed by atoms with Gasteiger partial charge in [-0.25, -0.2) is 4.39 Å². The molecule has 6 nitrogen and oxygen atoms in total. The van der Waals surface area contributed by atoms with E-state index in [9.17, 15) is 14.0 Å². The first-order valence-electron chi connectivity index (χ1n) is 12.8. The van der Waals surface area contributed by atoms with Gasteiger partial charge in [-0.2, -0.15) is 0 Å². The second kappa shape index (κ2) is 10.8. The number of carbonyl (C=O) groups excluding carboxylic acids is 2. The molecule has 1 aliphatic heterocycles. The van der Waals surface area contributed by atoms with Crippen molar-refractivity contribution in [1.29, 1.82) is 0 Å². The summed E-state index contributed by atoms with van der Waals surface area (Å²) in [6.07, 6.45) is 6.10. The van der Waals surface area contributed by atoms with Crippen molar-refractivity contribution in [2.45, 2.75) is 82.2 Å². The van der Waals surface area contributed by atoms with Gasteiger partial charge in [-0.1, -0.05) is 18.2 Å². The van der Waals surface area contributed by atoms with Crippen LogP contribution in [0.2, 0.25) is 0 Å².